The smallest absolute Gasteiger partial charge is 0.238 e. The molecule has 2 aromatic carbocycles. The summed E-state index contributed by atoms with van der Waals surface area (Å²) >= 11 is 0. The number of fused-ring (bicyclic) bond motifs is 1. The van der Waals surface area contributed by atoms with Gasteiger partial charge in [-0.15, -0.1) is 0 Å². The number of sulfonamides is 1. The first-order valence-corrected chi connectivity index (χ1v) is 10.3. The Morgan fingerprint density at radius 2 is 1.96 bits per heavy atom. The topological polar surface area (TPSA) is 89.4 Å². The monoisotopic (exact) mass is 383 g/mol. The molecule has 1 atom stereocenters. The normalized spacial score (nSPS) is 16.6. The number of nitrogens with zero attached hydrogens (tertiary/aromatic N) is 2. The standard InChI is InChI=1S/C20H21N3O3S/c1-13-10-16-11-17(27(21,24)25)8-9-19(16)23(13)12-18-14(2)26-20(22-18)15-6-4-3-5-7-15/h3-9,11,13H,10,12H2,1-2H3,(H2,21,24,25)/t13-/m0/s1. The Hall–Kier alpha value is -2.64. The largest absolute Gasteiger partial charge is 0.441 e. The lowest BCUT2D eigenvalue weighted by Crippen LogP contribution is -2.29. The molecule has 1 aliphatic rings. The summed E-state index contributed by atoms with van der Waals surface area (Å²) in [6.45, 7) is 4.63. The predicted molar refractivity (Wildman–Crippen MR) is 104 cm³/mol. The van der Waals surface area contributed by atoms with E-state index in [-0.39, 0.29) is 10.9 Å². The van der Waals surface area contributed by atoms with Crippen LogP contribution in [0, 0.1) is 6.92 Å². The third-order valence-corrected chi connectivity index (χ3v) is 5.88. The SMILES string of the molecule is Cc1oc(-c2ccccc2)nc1CN1c2ccc(S(N)(=O)=O)cc2C[C@@H]1C. The van der Waals surface area contributed by atoms with Crippen LogP contribution in [-0.4, -0.2) is 19.4 Å². The average Bonchev–Trinajstić information content (AvgIpc) is 3.15. The van der Waals surface area contributed by atoms with E-state index >= 15 is 0 Å². The van der Waals surface area contributed by atoms with Gasteiger partial charge in [-0.05, 0) is 56.2 Å². The summed E-state index contributed by atoms with van der Waals surface area (Å²) in [5, 5.41) is 5.26. The van der Waals surface area contributed by atoms with Crippen molar-refractivity contribution < 1.29 is 12.8 Å². The van der Waals surface area contributed by atoms with Crippen molar-refractivity contribution in [3.05, 3.63) is 65.5 Å². The molecule has 2 N–H and O–H groups in total. The number of anilines is 1. The fourth-order valence-electron chi connectivity index (χ4n) is 3.53. The zero-order chi connectivity index (χ0) is 19.2. The molecule has 0 saturated carbocycles. The van der Waals surface area contributed by atoms with E-state index in [1.165, 1.54) is 0 Å². The highest BCUT2D eigenvalue weighted by Crippen LogP contribution is 2.35. The molecule has 0 fully saturated rings. The van der Waals surface area contributed by atoms with E-state index in [1.54, 1.807) is 12.1 Å². The zero-order valence-electron chi connectivity index (χ0n) is 15.2. The quantitative estimate of drug-likeness (QED) is 0.747. The first-order valence-electron chi connectivity index (χ1n) is 8.77. The van der Waals surface area contributed by atoms with E-state index in [0.717, 1.165) is 34.7 Å². The summed E-state index contributed by atoms with van der Waals surface area (Å²) in [5.41, 5.74) is 3.82. The van der Waals surface area contributed by atoms with Crippen LogP contribution in [0.2, 0.25) is 0 Å². The van der Waals surface area contributed by atoms with Crippen LogP contribution in [0.15, 0.2) is 57.8 Å². The van der Waals surface area contributed by atoms with Gasteiger partial charge >= 0.3 is 0 Å². The van der Waals surface area contributed by atoms with Crippen LogP contribution in [0.25, 0.3) is 11.5 Å². The minimum atomic E-state index is -3.70. The molecular weight excluding hydrogens is 362 g/mol. The van der Waals surface area contributed by atoms with Crippen LogP contribution in [0.4, 0.5) is 5.69 Å². The number of nitrogens with two attached hydrogens (primary N) is 1. The molecule has 27 heavy (non-hydrogen) atoms. The first-order chi connectivity index (χ1) is 12.8. The molecule has 4 rings (SSSR count). The van der Waals surface area contributed by atoms with Gasteiger partial charge in [0.05, 0.1) is 11.4 Å². The molecule has 7 heteroatoms. The first kappa shape index (κ1) is 17.8. The highest BCUT2D eigenvalue weighted by Gasteiger charge is 2.28. The number of aromatic nitrogens is 1. The molecule has 0 bridgehead atoms. The minimum Gasteiger partial charge on any atom is -0.441 e. The molecule has 140 valence electrons. The van der Waals surface area contributed by atoms with E-state index in [0.29, 0.717) is 12.4 Å². The van der Waals surface area contributed by atoms with Gasteiger partial charge in [0.25, 0.3) is 0 Å². The Bertz CT molecular complexity index is 1090. The maximum atomic E-state index is 11.6. The summed E-state index contributed by atoms with van der Waals surface area (Å²) in [4.78, 5) is 7.06. The van der Waals surface area contributed by atoms with Crippen LogP contribution < -0.4 is 10.0 Å². The summed E-state index contributed by atoms with van der Waals surface area (Å²) in [7, 11) is -3.70. The van der Waals surface area contributed by atoms with E-state index in [9.17, 15) is 8.42 Å². The molecule has 0 spiro atoms. The Labute approximate surface area is 158 Å². The summed E-state index contributed by atoms with van der Waals surface area (Å²) in [6.07, 6.45) is 0.765. The van der Waals surface area contributed by atoms with Gasteiger partial charge in [-0.1, -0.05) is 18.2 Å². The average molecular weight is 383 g/mol. The van der Waals surface area contributed by atoms with Gasteiger partial charge in [0, 0.05) is 17.3 Å². The number of hydrogen-bond donors (Lipinski definition) is 1. The Morgan fingerprint density at radius 1 is 1.22 bits per heavy atom. The lowest BCUT2D eigenvalue weighted by molar-refractivity contribution is 0.537. The van der Waals surface area contributed by atoms with Crippen molar-refractivity contribution in [2.75, 3.05) is 4.90 Å². The zero-order valence-corrected chi connectivity index (χ0v) is 16.0. The van der Waals surface area contributed by atoms with Gasteiger partial charge < -0.3 is 9.32 Å². The van der Waals surface area contributed by atoms with Crippen molar-refractivity contribution in [1.82, 2.24) is 4.98 Å². The van der Waals surface area contributed by atoms with Crippen LogP contribution >= 0.6 is 0 Å². The van der Waals surface area contributed by atoms with E-state index in [2.05, 4.69) is 16.8 Å². The maximum Gasteiger partial charge on any atom is 0.238 e. The van der Waals surface area contributed by atoms with Crippen molar-refractivity contribution in [3.8, 4) is 11.5 Å². The van der Waals surface area contributed by atoms with Crippen molar-refractivity contribution in [2.45, 2.75) is 37.8 Å². The summed E-state index contributed by atoms with van der Waals surface area (Å²) in [6, 6.07) is 15.1. The lowest BCUT2D eigenvalue weighted by Gasteiger charge is -2.24. The molecular formula is C20H21N3O3S. The van der Waals surface area contributed by atoms with Gasteiger partial charge in [-0.25, -0.2) is 18.5 Å². The Morgan fingerprint density at radius 3 is 2.67 bits per heavy atom. The summed E-state index contributed by atoms with van der Waals surface area (Å²) < 4.78 is 29.1. The molecule has 0 aliphatic carbocycles. The summed E-state index contributed by atoms with van der Waals surface area (Å²) in [5.74, 6) is 1.40. The number of primary sulfonamides is 1. The molecule has 0 unspecified atom stereocenters. The second kappa shape index (κ2) is 6.51. The fraction of sp³-hybridized carbons (Fsp3) is 0.250. The number of benzene rings is 2. The van der Waals surface area contributed by atoms with Gasteiger partial charge in [0.15, 0.2) is 0 Å². The van der Waals surface area contributed by atoms with Crippen LogP contribution in [0.5, 0.6) is 0 Å². The number of rotatable bonds is 4. The molecule has 1 aliphatic heterocycles. The van der Waals surface area contributed by atoms with Crippen molar-refractivity contribution in [2.24, 2.45) is 5.14 Å². The van der Waals surface area contributed by atoms with Crippen molar-refractivity contribution in [1.29, 1.82) is 0 Å². The fourth-order valence-corrected chi connectivity index (χ4v) is 4.09. The maximum absolute atomic E-state index is 11.6. The minimum absolute atomic E-state index is 0.152. The Kier molecular flexibility index (Phi) is 4.28. The van der Waals surface area contributed by atoms with Crippen LogP contribution in [-0.2, 0) is 23.0 Å². The Balaban J connectivity index is 1.64. The van der Waals surface area contributed by atoms with E-state index < -0.39 is 10.0 Å². The third kappa shape index (κ3) is 3.36. The molecule has 2 heterocycles. The predicted octanol–water partition coefficient (Wildman–Crippen LogP) is 3.25. The van der Waals surface area contributed by atoms with E-state index in [1.807, 2.05) is 43.3 Å². The number of oxazole rings is 1. The van der Waals surface area contributed by atoms with Gasteiger partial charge in [0.2, 0.25) is 15.9 Å². The molecule has 3 aromatic rings. The molecule has 1 aromatic heterocycles. The second-order valence-electron chi connectivity index (χ2n) is 6.90. The molecule has 0 saturated heterocycles. The third-order valence-electron chi connectivity index (χ3n) is 4.97. The van der Waals surface area contributed by atoms with Crippen LogP contribution in [0.1, 0.15) is 23.9 Å². The number of hydrogen-bond acceptors (Lipinski definition) is 5. The van der Waals surface area contributed by atoms with E-state index in [4.69, 9.17) is 9.56 Å². The van der Waals surface area contributed by atoms with Gasteiger partial charge in [-0.3, -0.25) is 0 Å². The molecule has 0 radical (unpaired) electrons. The highest BCUT2D eigenvalue weighted by atomic mass is 32.2. The van der Waals surface area contributed by atoms with Gasteiger partial charge in [-0.2, -0.15) is 0 Å². The molecule has 0 amide bonds. The van der Waals surface area contributed by atoms with Crippen molar-refractivity contribution in [3.63, 3.8) is 0 Å². The lowest BCUT2D eigenvalue weighted by atomic mass is 10.1. The van der Waals surface area contributed by atoms with Gasteiger partial charge in [0.1, 0.15) is 11.5 Å². The van der Waals surface area contributed by atoms with Crippen LogP contribution in [0.3, 0.4) is 0 Å². The molecule has 6 nitrogen and oxygen atoms in total. The van der Waals surface area contributed by atoms with Crippen molar-refractivity contribution >= 4 is 15.7 Å². The second-order valence-corrected chi connectivity index (χ2v) is 8.47. The number of aryl methyl sites for hydroxylation is 1. The highest BCUT2D eigenvalue weighted by molar-refractivity contribution is 7.89.